The zero-order valence-electron chi connectivity index (χ0n) is 30.1. The molecule has 4 nitrogen and oxygen atoms in total. The van der Waals surface area contributed by atoms with Gasteiger partial charge in [0.25, 0.3) is 0 Å². The van der Waals surface area contributed by atoms with Crippen LogP contribution in [0, 0.1) is 0 Å². The minimum atomic E-state index is 0.565. The predicted molar refractivity (Wildman–Crippen MR) is 233 cm³/mol. The standard InChI is InChI=1S/C51H31N3OS/c1-4-15-32(16-5-1)37-30-43(48-44(31-37)41-26-13-24-38(47(41)56-48)33-17-6-2-7-18-33)35-21-12-22-36(29-35)50-52-49(34-19-8-3-9-20-34)53-51(54-50)42-27-14-25-40-39-23-10-11-28-45(39)55-46(40)42/h1-31H. The van der Waals surface area contributed by atoms with E-state index in [0.29, 0.717) is 17.5 Å². The molecule has 11 aromatic rings. The van der Waals surface area contributed by atoms with E-state index >= 15 is 0 Å². The van der Waals surface area contributed by atoms with E-state index in [1.54, 1.807) is 0 Å². The van der Waals surface area contributed by atoms with Crippen molar-refractivity contribution in [3.8, 4) is 67.5 Å². The van der Waals surface area contributed by atoms with E-state index in [1.165, 1.54) is 48.0 Å². The van der Waals surface area contributed by atoms with Crippen LogP contribution in [0.5, 0.6) is 0 Å². The second-order valence-electron chi connectivity index (χ2n) is 14.0. The Labute approximate surface area is 327 Å². The van der Waals surface area contributed by atoms with Crippen LogP contribution >= 0.6 is 11.3 Å². The van der Waals surface area contributed by atoms with Gasteiger partial charge in [0, 0.05) is 47.6 Å². The first-order valence-corrected chi connectivity index (χ1v) is 19.5. The normalized spacial score (nSPS) is 11.6. The van der Waals surface area contributed by atoms with Gasteiger partial charge < -0.3 is 4.42 Å². The lowest BCUT2D eigenvalue weighted by atomic mass is 9.94. The van der Waals surface area contributed by atoms with Crippen LogP contribution in [0.1, 0.15) is 0 Å². The molecule has 3 aromatic heterocycles. The minimum absolute atomic E-state index is 0.565. The van der Waals surface area contributed by atoms with Gasteiger partial charge in [-0.3, -0.25) is 0 Å². The molecule has 0 spiro atoms. The molecule has 0 saturated heterocycles. The maximum Gasteiger partial charge on any atom is 0.167 e. The van der Waals surface area contributed by atoms with Gasteiger partial charge in [0.05, 0.1) is 5.56 Å². The van der Waals surface area contributed by atoms with Crippen molar-refractivity contribution in [2.75, 3.05) is 0 Å². The highest BCUT2D eigenvalue weighted by Crippen LogP contribution is 2.46. The van der Waals surface area contributed by atoms with Crippen molar-refractivity contribution in [3.63, 3.8) is 0 Å². The highest BCUT2D eigenvalue weighted by Gasteiger charge is 2.20. The molecule has 11 rings (SSSR count). The average molecular weight is 734 g/mol. The van der Waals surface area contributed by atoms with Crippen LogP contribution in [0.3, 0.4) is 0 Å². The fourth-order valence-corrected chi connectivity index (χ4v) is 9.20. The molecule has 0 bridgehead atoms. The topological polar surface area (TPSA) is 51.8 Å². The van der Waals surface area contributed by atoms with Crippen LogP contribution in [0.4, 0.5) is 0 Å². The lowest BCUT2D eigenvalue weighted by molar-refractivity contribution is 0.669. The van der Waals surface area contributed by atoms with E-state index in [1.807, 2.05) is 72.0 Å². The number of aromatic nitrogens is 3. The molecule has 0 atom stereocenters. The van der Waals surface area contributed by atoms with Crippen molar-refractivity contribution < 1.29 is 4.42 Å². The molecule has 0 aliphatic rings. The predicted octanol–water partition coefficient (Wildman–Crippen LogP) is 14.1. The van der Waals surface area contributed by atoms with Gasteiger partial charge in [0.2, 0.25) is 0 Å². The Hall–Kier alpha value is -7.21. The molecule has 5 heteroatoms. The molecule has 0 aliphatic carbocycles. The quantitative estimate of drug-likeness (QED) is 0.171. The van der Waals surface area contributed by atoms with E-state index < -0.39 is 0 Å². The molecule has 0 fully saturated rings. The Morgan fingerprint density at radius 1 is 0.321 bits per heavy atom. The molecule has 8 aromatic carbocycles. The van der Waals surface area contributed by atoms with Crippen molar-refractivity contribution >= 4 is 53.4 Å². The summed E-state index contributed by atoms with van der Waals surface area (Å²) in [5, 5.41) is 4.60. The number of fused-ring (bicyclic) bond motifs is 6. The van der Waals surface area contributed by atoms with E-state index in [4.69, 9.17) is 19.4 Å². The van der Waals surface area contributed by atoms with Crippen LogP contribution in [0.15, 0.2) is 192 Å². The Morgan fingerprint density at radius 2 is 0.875 bits per heavy atom. The number of para-hydroxylation sites is 2. The van der Waals surface area contributed by atoms with Gasteiger partial charge in [-0.2, -0.15) is 0 Å². The van der Waals surface area contributed by atoms with Crippen LogP contribution < -0.4 is 0 Å². The van der Waals surface area contributed by atoms with Gasteiger partial charge >= 0.3 is 0 Å². The summed E-state index contributed by atoms with van der Waals surface area (Å²) in [5.41, 5.74) is 11.3. The lowest BCUT2D eigenvalue weighted by Gasteiger charge is -2.12. The van der Waals surface area contributed by atoms with Gasteiger partial charge in [-0.25, -0.2) is 15.0 Å². The number of thiophene rings is 1. The van der Waals surface area contributed by atoms with Crippen LogP contribution in [-0.2, 0) is 0 Å². The third kappa shape index (κ3) is 5.48. The van der Waals surface area contributed by atoms with E-state index in [9.17, 15) is 0 Å². The van der Waals surface area contributed by atoms with Crippen LogP contribution in [0.2, 0.25) is 0 Å². The molecule has 3 heterocycles. The first-order valence-electron chi connectivity index (χ1n) is 18.7. The maximum atomic E-state index is 6.46. The summed E-state index contributed by atoms with van der Waals surface area (Å²) < 4.78 is 8.99. The zero-order chi connectivity index (χ0) is 37.0. The number of hydrogen-bond acceptors (Lipinski definition) is 5. The molecule has 0 amide bonds. The van der Waals surface area contributed by atoms with Crippen molar-refractivity contribution in [1.29, 1.82) is 0 Å². The molecule has 0 aliphatic heterocycles. The Morgan fingerprint density at radius 3 is 1.66 bits per heavy atom. The molecular weight excluding hydrogens is 703 g/mol. The highest BCUT2D eigenvalue weighted by molar-refractivity contribution is 7.26. The molecule has 0 radical (unpaired) electrons. The summed E-state index contributed by atoms with van der Waals surface area (Å²) in [5.74, 6) is 1.77. The zero-order valence-corrected chi connectivity index (χ0v) is 30.9. The smallest absolute Gasteiger partial charge is 0.167 e. The Kier molecular flexibility index (Phi) is 7.64. The largest absolute Gasteiger partial charge is 0.455 e. The second-order valence-corrected chi connectivity index (χ2v) is 15.0. The van der Waals surface area contributed by atoms with Crippen molar-refractivity contribution in [1.82, 2.24) is 15.0 Å². The number of rotatable bonds is 6. The van der Waals surface area contributed by atoms with Gasteiger partial charge in [-0.15, -0.1) is 11.3 Å². The molecule has 56 heavy (non-hydrogen) atoms. The van der Waals surface area contributed by atoms with Crippen molar-refractivity contribution in [2.45, 2.75) is 0 Å². The number of nitrogens with zero attached hydrogens (tertiary/aromatic N) is 3. The summed E-state index contributed by atoms with van der Waals surface area (Å²) in [7, 11) is 0. The Bertz CT molecular complexity index is 3240. The van der Waals surface area contributed by atoms with Crippen LogP contribution in [0.25, 0.3) is 110 Å². The molecule has 0 saturated carbocycles. The average Bonchev–Trinajstić information content (AvgIpc) is 3.86. The van der Waals surface area contributed by atoms with E-state index in [-0.39, 0.29) is 0 Å². The Balaban J connectivity index is 1.13. The fraction of sp³-hybridized carbons (Fsp3) is 0. The lowest BCUT2D eigenvalue weighted by Crippen LogP contribution is -2.00. The summed E-state index contributed by atoms with van der Waals surface area (Å²) >= 11 is 1.86. The van der Waals surface area contributed by atoms with Gasteiger partial charge in [-0.1, -0.05) is 158 Å². The van der Waals surface area contributed by atoms with Gasteiger partial charge in [0.15, 0.2) is 17.5 Å². The molecular formula is C51H31N3OS. The first-order chi connectivity index (χ1) is 27.7. The summed E-state index contributed by atoms with van der Waals surface area (Å²) in [6.45, 7) is 0. The van der Waals surface area contributed by atoms with E-state index in [0.717, 1.165) is 44.2 Å². The van der Waals surface area contributed by atoms with Gasteiger partial charge in [-0.05, 0) is 58.1 Å². The summed E-state index contributed by atoms with van der Waals surface area (Å²) in [4.78, 5) is 15.4. The van der Waals surface area contributed by atoms with Crippen molar-refractivity contribution in [3.05, 3.63) is 188 Å². The summed E-state index contributed by atoms with van der Waals surface area (Å²) in [6, 6.07) is 65.7. The SMILES string of the molecule is c1ccc(-c2cc(-c3cccc(-c4nc(-c5ccccc5)nc(-c5cccc6c5oc5ccccc56)n4)c3)c3sc4c(-c5ccccc5)cccc4c3c2)cc1. The van der Waals surface area contributed by atoms with Crippen LogP contribution in [-0.4, -0.2) is 15.0 Å². The number of furan rings is 1. The summed E-state index contributed by atoms with van der Waals surface area (Å²) in [6.07, 6.45) is 0. The maximum absolute atomic E-state index is 6.46. The van der Waals surface area contributed by atoms with Gasteiger partial charge in [0.1, 0.15) is 11.2 Å². The first kappa shape index (κ1) is 32.2. The fourth-order valence-electron chi connectivity index (χ4n) is 7.85. The second kappa shape index (κ2) is 13.3. The molecule has 0 unspecified atom stereocenters. The van der Waals surface area contributed by atoms with Crippen molar-refractivity contribution in [2.24, 2.45) is 0 Å². The number of benzene rings is 8. The third-order valence-corrected chi connectivity index (χ3v) is 11.8. The van der Waals surface area contributed by atoms with E-state index in [2.05, 4.69) is 127 Å². The third-order valence-electron chi connectivity index (χ3n) is 10.5. The monoisotopic (exact) mass is 733 g/mol. The molecule has 0 N–H and O–H groups in total. The number of hydrogen-bond donors (Lipinski definition) is 0. The molecule has 262 valence electrons. The minimum Gasteiger partial charge on any atom is -0.455 e. The highest BCUT2D eigenvalue weighted by atomic mass is 32.1.